The molecule has 1 aliphatic heterocycles. The van der Waals surface area contributed by atoms with E-state index in [0.717, 1.165) is 25.0 Å². The molecule has 1 aromatic carbocycles. The molecule has 0 bridgehead atoms. The minimum absolute atomic E-state index is 0.0642. The van der Waals surface area contributed by atoms with E-state index in [1.165, 1.54) is 12.4 Å². The highest BCUT2D eigenvalue weighted by molar-refractivity contribution is 5.79. The first-order chi connectivity index (χ1) is 12.2. The molecule has 0 N–H and O–H groups in total. The Morgan fingerprint density at radius 3 is 2.96 bits per heavy atom. The van der Waals surface area contributed by atoms with Crippen molar-refractivity contribution in [1.82, 2.24) is 24.5 Å². The minimum atomic E-state index is -0.341. The lowest BCUT2D eigenvalue weighted by Crippen LogP contribution is -2.40. The lowest BCUT2D eigenvalue weighted by molar-refractivity contribution is -0.134. The lowest BCUT2D eigenvalue weighted by atomic mass is 9.98. The second-order valence-corrected chi connectivity index (χ2v) is 6.21. The Hall–Kier alpha value is -2.83. The fourth-order valence-electron chi connectivity index (χ4n) is 3.45. The summed E-state index contributed by atoms with van der Waals surface area (Å²) in [5, 5.41) is 4.23. The van der Waals surface area contributed by atoms with Gasteiger partial charge >= 0.3 is 0 Å². The van der Waals surface area contributed by atoms with Gasteiger partial charge in [-0.25, -0.2) is 9.37 Å². The summed E-state index contributed by atoms with van der Waals surface area (Å²) in [5.74, 6) is 0.108. The number of hydrogen-bond donors (Lipinski definition) is 0. The van der Waals surface area contributed by atoms with Crippen LogP contribution in [0.4, 0.5) is 4.39 Å². The van der Waals surface area contributed by atoms with Crippen molar-refractivity contribution in [1.29, 1.82) is 0 Å². The number of carbonyl (C=O) groups is 1. The number of benzene rings is 1. The van der Waals surface area contributed by atoms with Crippen LogP contribution in [0.25, 0.3) is 5.78 Å². The molecular weight excluding hydrogens is 321 g/mol. The highest BCUT2D eigenvalue weighted by Gasteiger charge is 2.30. The standard InChI is InChI=1S/C18H18FN5O/c19-14-6-2-1-5-13(14)11-17(25)23-10-4-3-7-15(23)16-8-9-20-18-21-12-22-24(16)18/h1-2,5-6,8-9,12,15H,3-4,7,10-11H2. The fourth-order valence-corrected chi connectivity index (χ4v) is 3.45. The average molecular weight is 339 g/mol. The molecule has 1 saturated heterocycles. The zero-order valence-electron chi connectivity index (χ0n) is 13.7. The zero-order chi connectivity index (χ0) is 17.2. The third kappa shape index (κ3) is 2.97. The Labute approximate surface area is 144 Å². The van der Waals surface area contributed by atoms with Crippen LogP contribution in [0.1, 0.15) is 36.6 Å². The summed E-state index contributed by atoms with van der Waals surface area (Å²) >= 11 is 0. The van der Waals surface area contributed by atoms with E-state index in [1.54, 1.807) is 28.9 Å². The predicted molar refractivity (Wildman–Crippen MR) is 89.2 cm³/mol. The van der Waals surface area contributed by atoms with Gasteiger partial charge in [0.05, 0.1) is 18.2 Å². The van der Waals surface area contributed by atoms with Gasteiger partial charge in [0.2, 0.25) is 5.91 Å². The van der Waals surface area contributed by atoms with Gasteiger partial charge in [0.15, 0.2) is 0 Å². The lowest BCUT2D eigenvalue weighted by Gasteiger charge is -2.36. The summed E-state index contributed by atoms with van der Waals surface area (Å²) in [6.45, 7) is 0.663. The molecule has 25 heavy (non-hydrogen) atoms. The highest BCUT2D eigenvalue weighted by Crippen LogP contribution is 2.31. The molecular formula is C18H18FN5O. The number of nitrogens with zero attached hydrogens (tertiary/aromatic N) is 5. The van der Waals surface area contributed by atoms with E-state index >= 15 is 0 Å². The van der Waals surface area contributed by atoms with E-state index in [2.05, 4.69) is 15.1 Å². The first-order valence-corrected chi connectivity index (χ1v) is 8.41. The third-order valence-electron chi connectivity index (χ3n) is 4.67. The molecule has 0 spiro atoms. The van der Waals surface area contributed by atoms with Crippen molar-refractivity contribution in [3.05, 3.63) is 59.9 Å². The van der Waals surface area contributed by atoms with Crippen LogP contribution in [-0.2, 0) is 11.2 Å². The average Bonchev–Trinajstić information content (AvgIpc) is 3.12. The second kappa shape index (κ2) is 6.58. The maximum Gasteiger partial charge on any atom is 0.252 e. The molecule has 3 heterocycles. The van der Waals surface area contributed by atoms with Crippen LogP contribution >= 0.6 is 0 Å². The van der Waals surface area contributed by atoms with Crippen LogP contribution < -0.4 is 0 Å². The predicted octanol–water partition coefficient (Wildman–Crippen LogP) is 2.56. The van der Waals surface area contributed by atoms with Crippen LogP contribution in [0.3, 0.4) is 0 Å². The first kappa shape index (κ1) is 15.7. The van der Waals surface area contributed by atoms with Crippen molar-refractivity contribution in [3.63, 3.8) is 0 Å². The third-order valence-corrected chi connectivity index (χ3v) is 4.67. The Kier molecular flexibility index (Phi) is 4.13. The number of likely N-dealkylation sites (tertiary alicyclic amines) is 1. The van der Waals surface area contributed by atoms with Gasteiger partial charge in [0.1, 0.15) is 12.1 Å². The highest BCUT2D eigenvalue weighted by atomic mass is 19.1. The normalized spacial score (nSPS) is 17.8. The molecule has 128 valence electrons. The monoisotopic (exact) mass is 339 g/mol. The Bertz CT molecular complexity index is 909. The van der Waals surface area contributed by atoms with Gasteiger partial charge in [-0.3, -0.25) is 4.79 Å². The molecule has 4 rings (SSSR count). The first-order valence-electron chi connectivity index (χ1n) is 8.41. The number of piperidine rings is 1. The summed E-state index contributed by atoms with van der Waals surface area (Å²) in [4.78, 5) is 23.0. The van der Waals surface area contributed by atoms with Crippen molar-refractivity contribution >= 4 is 11.7 Å². The van der Waals surface area contributed by atoms with Crippen LogP contribution in [0.5, 0.6) is 0 Å². The Morgan fingerprint density at radius 1 is 1.20 bits per heavy atom. The van der Waals surface area contributed by atoms with E-state index in [1.807, 2.05) is 11.0 Å². The molecule has 1 fully saturated rings. The van der Waals surface area contributed by atoms with E-state index in [-0.39, 0.29) is 24.2 Å². The van der Waals surface area contributed by atoms with Crippen molar-refractivity contribution in [2.45, 2.75) is 31.7 Å². The maximum atomic E-state index is 13.9. The molecule has 0 radical (unpaired) electrons. The topological polar surface area (TPSA) is 63.4 Å². The van der Waals surface area contributed by atoms with Crippen molar-refractivity contribution in [2.24, 2.45) is 0 Å². The zero-order valence-corrected chi connectivity index (χ0v) is 13.7. The number of rotatable bonds is 3. The summed E-state index contributed by atoms with van der Waals surface area (Å²) in [5.41, 5.74) is 1.32. The molecule has 1 aliphatic rings. The maximum absolute atomic E-state index is 13.9. The number of hydrogen-bond acceptors (Lipinski definition) is 4. The van der Waals surface area contributed by atoms with E-state index < -0.39 is 0 Å². The Balaban J connectivity index is 1.64. The molecule has 3 aromatic rings. The van der Waals surface area contributed by atoms with Crippen LogP contribution in [-0.4, -0.2) is 36.9 Å². The number of halogens is 1. The number of carbonyl (C=O) groups excluding carboxylic acids is 1. The van der Waals surface area contributed by atoms with Crippen LogP contribution in [0.2, 0.25) is 0 Å². The van der Waals surface area contributed by atoms with Crippen LogP contribution in [0, 0.1) is 5.82 Å². The van der Waals surface area contributed by atoms with Gasteiger partial charge < -0.3 is 4.90 Å². The molecule has 0 saturated carbocycles. The number of aromatic nitrogens is 4. The Morgan fingerprint density at radius 2 is 2.08 bits per heavy atom. The van der Waals surface area contributed by atoms with Gasteiger partial charge in [-0.2, -0.15) is 14.6 Å². The quantitative estimate of drug-likeness (QED) is 0.736. The van der Waals surface area contributed by atoms with Gasteiger partial charge in [-0.15, -0.1) is 0 Å². The van der Waals surface area contributed by atoms with Crippen molar-refractivity contribution in [3.8, 4) is 0 Å². The number of fused-ring (bicyclic) bond motifs is 1. The molecule has 1 atom stereocenters. The minimum Gasteiger partial charge on any atom is -0.334 e. The van der Waals surface area contributed by atoms with Crippen LogP contribution in [0.15, 0.2) is 42.9 Å². The van der Waals surface area contributed by atoms with Gasteiger partial charge in [0, 0.05) is 12.7 Å². The molecule has 0 aliphatic carbocycles. The summed E-state index contributed by atoms with van der Waals surface area (Å²) in [7, 11) is 0. The SMILES string of the molecule is O=C(Cc1ccccc1F)N1CCCCC1c1ccnc2ncnn12. The molecule has 2 aromatic heterocycles. The molecule has 6 nitrogen and oxygen atoms in total. The summed E-state index contributed by atoms with van der Waals surface area (Å²) < 4.78 is 15.6. The number of amides is 1. The van der Waals surface area contributed by atoms with E-state index in [9.17, 15) is 9.18 Å². The smallest absolute Gasteiger partial charge is 0.252 e. The van der Waals surface area contributed by atoms with Gasteiger partial charge in [-0.05, 0) is 37.0 Å². The molecule has 1 amide bonds. The van der Waals surface area contributed by atoms with Gasteiger partial charge in [-0.1, -0.05) is 18.2 Å². The summed E-state index contributed by atoms with van der Waals surface area (Å²) in [6, 6.07) is 8.21. The van der Waals surface area contributed by atoms with Gasteiger partial charge in [0.25, 0.3) is 5.78 Å². The van der Waals surface area contributed by atoms with Crippen molar-refractivity contribution < 1.29 is 9.18 Å². The largest absolute Gasteiger partial charge is 0.334 e. The fraction of sp³-hybridized carbons (Fsp3) is 0.333. The second-order valence-electron chi connectivity index (χ2n) is 6.21. The van der Waals surface area contributed by atoms with Crippen molar-refractivity contribution in [2.75, 3.05) is 6.54 Å². The molecule has 1 unspecified atom stereocenters. The summed E-state index contributed by atoms with van der Waals surface area (Å²) in [6.07, 6.45) is 6.04. The van der Waals surface area contributed by atoms with E-state index in [0.29, 0.717) is 17.9 Å². The molecule has 7 heteroatoms. The van der Waals surface area contributed by atoms with E-state index in [4.69, 9.17) is 0 Å².